The molecule has 2 aliphatic rings. The topological polar surface area (TPSA) is 76.2 Å². The standard InChI is InChI=1S/C15H24N2O5/c1-3-16-7-8-17(15(20)14(16)19)10-13(18)22-12-6-4-5-11(9-12)21-2/h11-12H,3-10H2,1-2H3/t11-,12-/m1/s1. The van der Waals surface area contributed by atoms with Gasteiger partial charge in [-0.15, -0.1) is 0 Å². The van der Waals surface area contributed by atoms with E-state index in [2.05, 4.69) is 0 Å². The smallest absolute Gasteiger partial charge is 0.325 e. The van der Waals surface area contributed by atoms with Crippen molar-refractivity contribution in [3.63, 3.8) is 0 Å². The zero-order chi connectivity index (χ0) is 16.1. The van der Waals surface area contributed by atoms with Gasteiger partial charge in [0.1, 0.15) is 12.6 Å². The van der Waals surface area contributed by atoms with Gasteiger partial charge in [-0.2, -0.15) is 0 Å². The Bertz CT molecular complexity index is 440. The number of piperazine rings is 1. The molecule has 0 radical (unpaired) electrons. The highest BCUT2D eigenvalue weighted by Crippen LogP contribution is 2.23. The first-order valence-electron chi connectivity index (χ1n) is 7.85. The molecular formula is C15H24N2O5. The van der Waals surface area contributed by atoms with Crippen LogP contribution in [0.15, 0.2) is 0 Å². The number of rotatable bonds is 5. The van der Waals surface area contributed by atoms with Gasteiger partial charge in [-0.3, -0.25) is 14.4 Å². The first-order chi connectivity index (χ1) is 10.5. The van der Waals surface area contributed by atoms with Gasteiger partial charge in [-0.25, -0.2) is 0 Å². The highest BCUT2D eigenvalue weighted by molar-refractivity contribution is 6.35. The normalized spacial score (nSPS) is 26.3. The monoisotopic (exact) mass is 312 g/mol. The van der Waals surface area contributed by atoms with Crippen molar-refractivity contribution in [3.05, 3.63) is 0 Å². The molecule has 0 unspecified atom stereocenters. The summed E-state index contributed by atoms with van der Waals surface area (Å²) in [4.78, 5) is 38.5. The number of likely N-dealkylation sites (N-methyl/N-ethyl adjacent to an activating group) is 1. The van der Waals surface area contributed by atoms with Crippen molar-refractivity contribution in [2.75, 3.05) is 33.3 Å². The number of nitrogens with zero attached hydrogens (tertiary/aromatic N) is 2. The van der Waals surface area contributed by atoms with Crippen molar-refractivity contribution in [3.8, 4) is 0 Å². The Morgan fingerprint density at radius 1 is 1.14 bits per heavy atom. The molecule has 1 saturated carbocycles. The molecule has 0 N–H and O–H groups in total. The molecule has 124 valence electrons. The first kappa shape index (κ1) is 16.7. The van der Waals surface area contributed by atoms with E-state index in [0.29, 0.717) is 26.1 Å². The Morgan fingerprint density at radius 2 is 1.77 bits per heavy atom. The fourth-order valence-electron chi connectivity index (χ4n) is 2.97. The third-order valence-corrected chi connectivity index (χ3v) is 4.31. The molecule has 0 bridgehead atoms. The molecule has 7 heteroatoms. The molecule has 1 aliphatic heterocycles. The zero-order valence-corrected chi connectivity index (χ0v) is 13.2. The van der Waals surface area contributed by atoms with Crippen LogP contribution >= 0.6 is 0 Å². The summed E-state index contributed by atoms with van der Waals surface area (Å²) in [5, 5.41) is 0. The third kappa shape index (κ3) is 3.97. The van der Waals surface area contributed by atoms with Crippen LogP contribution in [0.25, 0.3) is 0 Å². The molecule has 2 rings (SSSR count). The van der Waals surface area contributed by atoms with E-state index < -0.39 is 17.8 Å². The van der Waals surface area contributed by atoms with Crippen LogP contribution in [0, 0.1) is 0 Å². The highest BCUT2D eigenvalue weighted by Gasteiger charge is 2.33. The average molecular weight is 312 g/mol. The van der Waals surface area contributed by atoms with E-state index >= 15 is 0 Å². The van der Waals surface area contributed by atoms with Crippen molar-refractivity contribution >= 4 is 17.8 Å². The maximum absolute atomic E-state index is 12.0. The summed E-state index contributed by atoms with van der Waals surface area (Å²) in [7, 11) is 1.66. The number of amides is 2. The van der Waals surface area contributed by atoms with E-state index in [4.69, 9.17) is 9.47 Å². The molecule has 0 spiro atoms. The minimum atomic E-state index is -0.622. The number of ether oxygens (including phenoxy) is 2. The second-order valence-corrected chi connectivity index (χ2v) is 5.75. The van der Waals surface area contributed by atoms with Gasteiger partial charge in [0.05, 0.1) is 6.10 Å². The van der Waals surface area contributed by atoms with E-state index in [1.165, 1.54) is 9.80 Å². The second kappa shape index (κ2) is 7.58. The lowest BCUT2D eigenvalue weighted by Crippen LogP contribution is -2.55. The predicted octanol–water partition coefficient (Wildman–Crippen LogP) is 0.178. The molecule has 1 aliphatic carbocycles. The van der Waals surface area contributed by atoms with Crippen LogP contribution in [-0.4, -0.2) is 73.1 Å². The van der Waals surface area contributed by atoms with Gasteiger partial charge >= 0.3 is 17.8 Å². The molecule has 0 aromatic heterocycles. The molecule has 1 saturated heterocycles. The highest BCUT2D eigenvalue weighted by atomic mass is 16.5. The summed E-state index contributed by atoms with van der Waals surface area (Å²) in [5.74, 6) is -1.62. The lowest BCUT2D eigenvalue weighted by molar-refractivity contribution is -0.162. The van der Waals surface area contributed by atoms with Crippen molar-refractivity contribution in [1.29, 1.82) is 0 Å². The summed E-state index contributed by atoms with van der Waals surface area (Å²) in [5.41, 5.74) is 0. The van der Waals surface area contributed by atoms with Crippen molar-refractivity contribution in [2.45, 2.75) is 44.8 Å². The molecular weight excluding hydrogens is 288 g/mol. The summed E-state index contributed by atoms with van der Waals surface area (Å²) < 4.78 is 10.7. The van der Waals surface area contributed by atoms with E-state index in [1.54, 1.807) is 7.11 Å². The number of carbonyl (C=O) groups is 3. The van der Waals surface area contributed by atoms with Gasteiger partial charge in [0.15, 0.2) is 0 Å². The number of esters is 1. The largest absolute Gasteiger partial charge is 0.461 e. The van der Waals surface area contributed by atoms with Crippen molar-refractivity contribution < 1.29 is 23.9 Å². The fourth-order valence-corrected chi connectivity index (χ4v) is 2.97. The van der Waals surface area contributed by atoms with Gasteiger partial charge in [0, 0.05) is 33.2 Å². The fraction of sp³-hybridized carbons (Fsp3) is 0.800. The molecule has 2 atom stereocenters. The Morgan fingerprint density at radius 3 is 2.45 bits per heavy atom. The molecule has 1 heterocycles. The van der Waals surface area contributed by atoms with Crippen molar-refractivity contribution in [1.82, 2.24) is 9.80 Å². The maximum atomic E-state index is 12.0. The summed E-state index contributed by atoms with van der Waals surface area (Å²) in [6.07, 6.45) is 3.43. The second-order valence-electron chi connectivity index (χ2n) is 5.75. The van der Waals surface area contributed by atoms with E-state index in [-0.39, 0.29) is 18.8 Å². The predicted molar refractivity (Wildman–Crippen MR) is 78.0 cm³/mol. The minimum Gasteiger partial charge on any atom is -0.461 e. The van der Waals surface area contributed by atoms with Crippen LogP contribution in [0.1, 0.15) is 32.6 Å². The van der Waals surface area contributed by atoms with Gasteiger partial charge in [0.25, 0.3) is 0 Å². The van der Waals surface area contributed by atoms with Gasteiger partial charge in [-0.05, 0) is 26.2 Å². The maximum Gasteiger partial charge on any atom is 0.325 e. The third-order valence-electron chi connectivity index (χ3n) is 4.31. The number of carbonyl (C=O) groups excluding carboxylic acids is 3. The van der Waals surface area contributed by atoms with Gasteiger partial charge in [0.2, 0.25) is 0 Å². The Hall–Kier alpha value is -1.63. The number of hydrogen-bond acceptors (Lipinski definition) is 5. The average Bonchev–Trinajstić information content (AvgIpc) is 2.52. The molecule has 22 heavy (non-hydrogen) atoms. The molecule has 0 aromatic carbocycles. The Labute approximate surface area is 130 Å². The SMILES string of the molecule is CCN1CCN(CC(=O)O[C@@H]2CCC[C@@H](OC)C2)C(=O)C1=O. The van der Waals surface area contributed by atoms with Crippen LogP contribution in [-0.2, 0) is 23.9 Å². The minimum absolute atomic E-state index is 0.128. The Balaban J connectivity index is 1.82. The first-order valence-corrected chi connectivity index (χ1v) is 7.85. The van der Waals surface area contributed by atoms with E-state index in [1.807, 2.05) is 6.92 Å². The summed E-state index contributed by atoms with van der Waals surface area (Å²) in [6.45, 7) is 3.01. The molecule has 0 aromatic rings. The van der Waals surface area contributed by atoms with Crippen LogP contribution in [0.2, 0.25) is 0 Å². The zero-order valence-electron chi connectivity index (χ0n) is 13.2. The molecule has 7 nitrogen and oxygen atoms in total. The lowest BCUT2D eigenvalue weighted by Gasteiger charge is -2.33. The summed E-state index contributed by atoms with van der Waals surface area (Å²) in [6, 6.07) is 0. The van der Waals surface area contributed by atoms with Gasteiger partial charge < -0.3 is 19.3 Å². The quantitative estimate of drug-likeness (QED) is 0.534. The van der Waals surface area contributed by atoms with Crippen LogP contribution < -0.4 is 0 Å². The summed E-state index contributed by atoms with van der Waals surface area (Å²) >= 11 is 0. The lowest BCUT2D eigenvalue weighted by atomic mass is 9.95. The molecule has 2 amide bonds. The van der Waals surface area contributed by atoms with E-state index in [0.717, 1.165) is 19.3 Å². The van der Waals surface area contributed by atoms with Crippen molar-refractivity contribution in [2.24, 2.45) is 0 Å². The number of hydrogen-bond donors (Lipinski definition) is 0. The number of methoxy groups -OCH3 is 1. The van der Waals surface area contributed by atoms with Gasteiger partial charge in [-0.1, -0.05) is 0 Å². The Kier molecular flexibility index (Phi) is 5.76. The van der Waals surface area contributed by atoms with Crippen LogP contribution in [0.4, 0.5) is 0 Å². The van der Waals surface area contributed by atoms with Crippen LogP contribution in [0.3, 0.4) is 0 Å². The van der Waals surface area contributed by atoms with Crippen LogP contribution in [0.5, 0.6) is 0 Å². The molecule has 2 fully saturated rings. The van der Waals surface area contributed by atoms with E-state index in [9.17, 15) is 14.4 Å².